The zero-order chi connectivity index (χ0) is 14.3. The largest absolute Gasteiger partial charge is 0.378 e. The lowest BCUT2D eigenvalue weighted by Gasteiger charge is -2.35. The van der Waals surface area contributed by atoms with E-state index in [2.05, 4.69) is 16.7 Å². The highest BCUT2D eigenvalue weighted by Crippen LogP contribution is 2.37. The predicted molar refractivity (Wildman–Crippen MR) is 79.1 cm³/mol. The number of anilines is 2. The monoisotopic (exact) mass is 275 g/mol. The Kier molecular flexibility index (Phi) is 3.40. The zero-order valence-corrected chi connectivity index (χ0v) is 12.0. The van der Waals surface area contributed by atoms with Crippen LogP contribution in [0.2, 0.25) is 0 Å². The molecule has 2 aliphatic heterocycles. The number of likely N-dealkylation sites (N-methyl/N-ethyl adjacent to an activating group) is 2. The molecule has 20 heavy (non-hydrogen) atoms. The topological polar surface area (TPSA) is 47.0 Å². The second-order valence-corrected chi connectivity index (χ2v) is 5.46. The number of nitrogens with zero attached hydrogens (tertiary/aromatic N) is 3. The maximum atomic E-state index is 11.8. The van der Waals surface area contributed by atoms with Crippen molar-refractivity contribution in [2.24, 2.45) is 0 Å². The van der Waals surface area contributed by atoms with Gasteiger partial charge in [0.2, 0.25) is 0 Å². The fourth-order valence-electron chi connectivity index (χ4n) is 3.01. The van der Waals surface area contributed by atoms with E-state index < -0.39 is 6.10 Å². The van der Waals surface area contributed by atoms with Crippen molar-refractivity contribution in [3.05, 3.63) is 23.8 Å². The predicted octanol–water partition coefficient (Wildman–Crippen LogP) is 0.838. The Morgan fingerprint density at radius 2 is 1.95 bits per heavy atom. The molecule has 0 bridgehead atoms. The van der Waals surface area contributed by atoms with Crippen LogP contribution in [0.1, 0.15) is 18.6 Å². The average Bonchev–Trinajstić information content (AvgIpc) is 2.72. The van der Waals surface area contributed by atoms with Gasteiger partial charge in [-0.05, 0) is 18.7 Å². The van der Waals surface area contributed by atoms with E-state index in [4.69, 9.17) is 0 Å². The molecule has 1 atom stereocenters. The molecule has 1 unspecified atom stereocenters. The second kappa shape index (κ2) is 5.07. The second-order valence-electron chi connectivity index (χ2n) is 5.46. The maximum absolute atomic E-state index is 11.8. The summed E-state index contributed by atoms with van der Waals surface area (Å²) in [5.41, 5.74) is 2.68. The summed E-state index contributed by atoms with van der Waals surface area (Å²) in [5.74, 6) is -0.243. The van der Waals surface area contributed by atoms with Crippen molar-refractivity contribution in [2.75, 3.05) is 49.6 Å². The van der Waals surface area contributed by atoms with Gasteiger partial charge in [-0.25, -0.2) is 0 Å². The Labute approximate surface area is 119 Å². The summed E-state index contributed by atoms with van der Waals surface area (Å²) >= 11 is 0. The Morgan fingerprint density at radius 3 is 2.60 bits per heavy atom. The van der Waals surface area contributed by atoms with Gasteiger partial charge in [0, 0.05) is 44.5 Å². The molecule has 1 fully saturated rings. The minimum atomic E-state index is -0.999. The summed E-state index contributed by atoms with van der Waals surface area (Å²) in [6, 6.07) is 5.91. The van der Waals surface area contributed by atoms with E-state index in [-0.39, 0.29) is 5.91 Å². The Morgan fingerprint density at radius 1 is 1.25 bits per heavy atom. The summed E-state index contributed by atoms with van der Waals surface area (Å²) in [6.45, 7) is 7.45. The molecule has 5 heteroatoms. The average molecular weight is 275 g/mol. The fourth-order valence-corrected chi connectivity index (χ4v) is 3.01. The third kappa shape index (κ3) is 2.07. The van der Waals surface area contributed by atoms with Crippen LogP contribution in [-0.4, -0.2) is 55.7 Å². The lowest BCUT2D eigenvalue weighted by molar-refractivity contribution is -0.125. The molecule has 0 aromatic heterocycles. The van der Waals surface area contributed by atoms with Gasteiger partial charge in [-0.2, -0.15) is 0 Å². The van der Waals surface area contributed by atoms with Crippen LogP contribution in [0.25, 0.3) is 0 Å². The summed E-state index contributed by atoms with van der Waals surface area (Å²) in [5, 5.41) is 9.88. The number of rotatable bonds is 2. The van der Waals surface area contributed by atoms with Gasteiger partial charge in [0.15, 0.2) is 6.10 Å². The van der Waals surface area contributed by atoms with Crippen molar-refractivity contribution in [2.45, 2.75) is 13.0 Å². The van der Waals surface area contributed by atoms with Gasteiger partial charge in [0.05, 0.1) is 5.69 Å². The highest BCUT2D eigenvalue weighted by atomic mass is 16.3. The van der Waals surface area contributed by atoms with Gasteiger partial charge in [-0.15, -0.1) is 0 Å². The number of aliphatic hydroxyl groups is 1. The van der Waals surface area contributed by atoms with E-state index in [0.717, 1.165) is 44.1 Å². The normalized spacial score (nSPS) is 23.4. The Balaban J connectivity index is 1.82. The molecule has 108 valence electrons. The minimum Gasteiger partial charge on any atom is -0.378 e. The van der Waals surface area contributed by atoms with Crippen LogP contribution in [0.3, 0.4) is 0 Å². The first kappa shape index (κ1) is 13.4. The molecule has 0 spiro atoms. The molecule has 1 aromatic carbocycles. The highest BCUT2D eigenvalue weighted by molar-refractivity contribution is 6.03. The van der Waals surface area contributed by atoms with E-state index in [0.29, 0.717) is 5.56 Å². The van der Waals surface area contributed by atoms with Crippen molar-refractivity contribution in [1.82, 2.24) is 4.90 Å². The number of aliphatic hydroxyl groups excluding tert-OH is 1. The van der Waals surface area contributed by atoms with Gasteiger partial charge < -0.3 is 19.8 Å². The summed E-state index contributed by atoms with van der Waals surface area (Å²) in [6.07, 6.45) is -0.999. The molecule has 0 aliphatic carbocycles. The first-order valence-corrected chi connectivity index (χ1v) is 7.18. The number of hydrogen-bond donors (Lipinski definition) is 1. The molecular weight excluding hydrogens is 254 g/mol. The van der Waals surface area contributed by atoms with Crippen molar-refractivity contribution in [1.29, 1.82) is 0 Å². The zero-order valence-electron chi connectivity index (χ0n) is 12.0. The van der Waals surface area contributed by atoms with Crippen LogP contribution in [0.4, 0.5) is 11.4 Å². The maximum Gasteiger partial charge on any atom is 0.260 e. The van der Waals surface area contributed by atoms with Crippen molar-refractivity contribution in [3.63, 3.8) is 0 Å². The third-order valence-corrected chi connectivity index (χ3v) is 4.42. The molecule has 2 heterocycles. The van der Waals surface area contributed by atoms with Gasteiger partial charge in [0.25, 0.3) is 5.91 Å². The van der Waals surface area contributed by atoms with Crippen molar-refractivity contribution < 1.29 is 9.90 Å². The molecule has 1 N–H and O–H groups in total. The van der Waals surface area contributed by atoms with E-state index in [1.165, 1.54) is 0 Å². The molecular formula is C15H21N3O2. The van der Waals surface area contributed by atoms with Crippen LogP contribution < -0.4 is 9.80 Å². The number of fused-ring (bicyclic) bond motifs is 1. The molecule has 0 saturated carbocycles. The van der Waals surface area contributed by atoms with E-state index in [1.807, 2.05) is 18.2 Å². The molecule has 2 aliphatic rings. The third-order valence-electron chi connectivity index (χ3n) is 4.42. The van der Waals surface area contributed by atoms with Crippen molar-refractivity contribution in [3.8, 4) is 0 Å². The van der Waals surface area contributed by atoms with E-state index in [9.17, 15) is 9.90 Å². The van der Waals surface area contributed by atoms with Crippen LogP contribution in [0.15, 0.2) is 18.2 Å². The van der Waals surface area contributed by atoms with Gasteiger partial charge in [-0.1, -0.05) is 13.0 Å². The standard InChI is InChI=1S/C15H21N3O2/c1-3-17-6-8-18(9-7-17)11-4-5-12-13(10-11)16(2)15(20)14(12)19/h4-5,10,14,19H,3,6-9H2,1-2H3. The van der Waals surface area contributed by atoms with E-state index >= 15 is 0 Å². The van der Waals surface area contributed by atoms with Crippen LogP contribution in [0, 0.1) is 0 Å². The van der Waals surface area contributed by atoms with Crippen LogP contribution >= 0.6 is 0 Å². The van der Waals surface area contributed by atoms with Crippen molar-refractivity contribution >= 4 is 17.3 Å². The first-order chi connectivity index (χ1) is 9.61. The summed E-state index contributed by atoms with van der Waals surface area (Å²) < 4.78 is 0. The molecule has 1 amide bonds. The molecule has 0 radical (unpaired) electrons. The van der Waals surface area contributed by atoms with Gasteiger partial charge in [-0.3, -0.25) is 4.79 Å². The number of amides is 1. The fraction of sp³-hybridized carbons (Fsp3) is 0.533. The molecule has 1 aromatic rings. The number of carbonyl (C=O) groups is 1. The lowest BCUT2D eigenvalue weighted by atomic mass is 10.1. The van der Waals surface area contributed by atoms with Gasteiger partial charge >= 0.3 is 0 Å². The quantitative estimate of drug-likeness (QED) is 0.869. The van der Waals surface area contributed by atoms with Crippen LogP contribution in [0.5, 0.6) is 0 Å². The summed E-state index contributed by atoms with van der Waals surface area (Å²) in [7, 11) is 1.72. The van der Waals surface area contributed by atoms with Crippen LogP contribution in [-0.2, 0) is 4.79 Å². The lowest BCUT2D eigenvalue weighted by Crippen LogP contribution is -2.46. The smallest absolute Gasteiger partial charge is 0.260 e. The Hall–Kier alpha value is -1.59. The Bertz CT molecular complexity index is 524. The molecule has 3 rings (SSSR count). The summed E-state index contributed by atoms with van der Waals surface area (Å²) in [4.78, 5) is 18.1. The minimum absolute atomic E-state index is 0.243. The number of hydrogen-bond acceptors (Lipinski definition) is 4. The first-order valence-electron chi connectivity index (χ1n) is 7.18. The number of carbonyl (C=O) groups excluding carboxylic acids is 1. The molecule has 5 nitrogen and oxygen atoms in total. The number of piperazine rings is 1. The SMILES string of the molecule is CCN1CCN(c2ccc3c(c2)N(C)C(=O)C3O)CC1. The number of benzene rings is 1. The van der Waals surface area contributed by atoms with E-state index in [1.54, 1.807) is 11.9 Å². The van der Waals surface area contributed by atoms with Gasteiger partial charge in [0.1, 0.15) is 0 Å². The highest BCUT2D eigenvalue weighted by Gasteiger charge is 2.34. The molecule has 1 saturated heterocycles.